The van der Waals surface area contributed by atoms with Crippen LogP contribution in [0.25, 0.3) is 11.0 Å². The van der Waals surface area contributed by atoms with Crippen LogP contribution in [-0.2, 0) is 11.3 Å². The van der Waals surface area contributed by atoms with Crippen LogP contribution in [0.3, 0.4) is 0 Å². The summed E-state index contributed by atoms with van der Waals surface area (Å²) in [6.07, 6.45) is 3.26. The summed E-state index contributed by atoms with van der Waals surface area (Å²) in [4.78, 5) is 18.6. The number of hydrogen-bond acceptors (Lipinski definition) is 6. The Morgan fingerprint density at radius 1 is 1.48 bits per heavy atom. The molecule has 132 valence electrons. The van der Waals surface area contributed by atoms with Crippen molar-refractivity contribution in [1.29, 1.82) is 0 Å². The fraction of sp³-hybridized carbons (Fsp3) is 0.444. The third kappa shape index (κ3) is 3.42. The van der Waals surface area contributed by atoms with Gasteiger partial charge in [0.1, 0.15) is 17.0 Å². The molecule has 0 bridgehead atoms. The Morgan fingerprint density at radius 2 is 2.36 bits per heavy atom. The van der Waals surface area contributed by atoms with Crippen LogP contribution < -0.4 is 5.32 Å². The minimum Gasteiger partial charge on any atom is -0.457 e. The smallest absolute Gasteiger partial charge is 0.153 e. The molecule has 0 radical (unpaired) electrons. The first-order valence-electron chi connectivity index (χ1n) is 8.52. The molecule has 2 N–H and O–H groups in total. The average molecular weight is 362 g/mol. The lowest BCUT2D eigenvalue weighted by Gasteiger charge is -2.29. The van der Waals surface area contributed by atoms with Crippen molar-refractivity contribution in [1.82, 2.24) is 10.2 Å². The summed E-state index contributed by atoms with van der Waals surface area (Å²) in [5, 5.41) is 14.7. The van der Waals surface area contributed by atoms with E-state index in [1.807, 2.05) is 17.0 Å². The molecule has 1 fully saturated rings. The van der Waals surface area contributed by atoms with Crippen LogP contribution in [0.1, 0.15) is 25.0 Å². The van der Waals surface area contributed by atoms with Gasteiger partial charge in [0.2, 0.25) is 0 Å². The Labute approximate surface area is 150 Å². The summed E-state index contributed by atoms with van der Waals surface area (Å²) in [6.45, 7) is 1.61. The third-order valence-corrected chi connectivity index (χ3v) is 5.00. The Balaban J connectivity index is 1.43. The lowest BCUT2D eigenvalue weighted by atomic mass is 9.97. The van der Waals surface area contributed by atoms with Gasteiger partial charge in [-0.25, -0.2) is 4.99 Å². The predicted octanol–water partition coefficient (Wildman–Crippen LogP) is 2.63. The molecule has 0 amide bonds. The minimum absolute atomic E-state index is 0.0764. The maximum Gasteiger partial charge on any atom is 0.153 e. The van der Waals surface area contributed by atoms with Crippen molar-refractivity contribution in [3.63, 3.8) is 0 Å². The molecule has 0 aliphatic carbocycles. The first kappa shape index (κ1) is 16.6. The summed E-state index contributed by atoms with van der Waals surface area (Å²) in [7, 11) is 0. The van der Waals surface area contributed by atoms with E-state index in [0.29, 0.717) is 18.0 Å². The number of hydrogen-bond donors (Lipinski definition) is 2. The monoisotopic (exact) mass is 361 g/mol. The van der Waals surface area contributed by atoms with E-state index < -0.39 is 6.10 Å². The Morgan fingerprint density at radius 3 is 3.20 bits per heavy atom. The van der Waals surface area contributed by atoms with E-state index in [4.69, 9.17) is 16.0 Å². The van der Waals surface area contributed by atoms with Gasteiger partial charge in [-0.3, -0.25) is 4.79 Å². The number of benzene rings is 1. The summed E-state index contributed by atoms with van der Waals surface area (Å²) >= 11 is 6.04. The molecule has 2 aliphatic rings. The highest BCUT2D eigenvalue weighted by Crippen LogP contribution is 2.37. The largest absolute Gasteiger partial charge is 0.457 e. The quantitative estimate of drug-likeness (QED) is 0.875. The summed E-state index contributed by atoms with van der Waals surface area (Å²) in [5.41, 5.74) is 1.53. The van der Waals surface area contributed by atoms with E-state index in [1.54, 1.807) is 12.4 Å². The SMILES string of the molecule is O=C(CC1NCCCC1O)CN1C=Nc2c(oc3ccc(Cl)cc23)C1. The zero-order valence-electron chi connectivity index (χ0n) is 13.7. The zero-order chi connectivity index (χ0) is 17.4. The van der Waals surface area contributed by atoms with Gasteiger partial charge < -0.3 is 19.7 Å². The molecule has 1 aromatic carbocycles. The summed E-state index contributed by atoms with van der Waals surface area (Å²) in [6, 6.07) is 5.31. The van der Waals surface area contributed by atoms with Gasteiger partial charge in [-0.05, 0) is 37.6 Å². The van der Waals surface area contributed by atoms with Gasteiger partial charge >= 0.3 is 0 Å². The zero-order valence-corrected chi connectivity index (χ0v) is 14.5. The van der Waals surface area contributed by atoms with Gasteiger partial charge in [-0.15, -0.1) is 0 Å². The number of rotatable bonds is 4. The standard InChI is InChI=1S/C18H20ClN3O3/c19-11-3-4-16-13(6-11)18-17(25-16)9-22(10-21-18)8-12(23)7-14-15(24)2-1-5-20-14/h3-4,6,10,14-15,20,24H,1-2,5,7-9H2. The van der Waals surface area contributed by atoms with Crippen LogP contribution in [0, 0.1) is 0 Å². The van der Waals surface area contributed by atoms with Crippen molar-refractivity contribution < 1.29 is 14.3 Å². The average Bonchev–Trinajstić information content (AvgIpc) is 2.94. The van der Waals surface area contributed by atoms with Crippen molar-refractivity contribution in [2.24, 2.45) is 4.99 Å². The number of carbonyl (C=O) groups excluding carboxylic acids is 1. The maximum absolute atomic E-state index is 12.4. The van der Waals surface area contributed by atoms with Crippen molar-refractivity contribution >= 4 is 40.4 Å². The number of aliphatic imine (C=N–C) groups is 1. The van der Waals surface area contributed by atoms with Crippen molar-refractivity contribution in [2.45, 2.75) is 38.0 Å². The molecule has 2 unspecified atom stereocenters. The number of aliphatic hydroxyl groups is 1. The van der Waals surface area contributed by atoms with Crippen molar-refractivity contribution in [2.75, 3.05) is 13.1 Å². The number of halogens is 1. The molecule has 6 nitrogen and oxygen atoms in total. The molecule has 0 spiro atoms. The highest BCUT2D eigenvalue weighted by Gasteiger charge is 2.26. The first-order chi connectivity index (χ1) is 12.1. The maximum atomic E-state index is 12.4. The second kappa shape index (κ2) is 6.78. The lowest BCUT2D eigenvalue weighted by molar-refractivity contribution is -0.120. The molecule has 1 saturated heterocycles. The Kier molecular flexibility index (Phi) is 4.50. The number of nitrogens with zero attached hydrogens (tertiary/aromatic N) is 2. The fourth-order valence-electron chi connectivity index (χ4n) is 3.50. The predicted molar refractivity (Wildman–Crippen MR) is 96.4 cm³/mol. The number of carbonyl (C=O) groups is 1. The van der Waals surface area contributed by atoms with Gasteiger partial charge in [0.05, 0.1) is 25.5 Å². The van der Waals surface area contributed by atoms with Crippen LogP contribution >= 0.6 is 11.6 Å². The lowest BCUT2D eigenvalue weighted by Crippen LogP contribution is -2.47. The molecule has 2 aromatic rings. The number of nitrogens with one attached hydrogen (secondary N) is 1. The minimum atomic E-state index is -0.445. The number of ketones is 1. The van der Waals surface area contributed by atoms with Gasteiger partial charge in [0.25, 0.3) is 0 Å². The molecule has 25 heavy (non-hydrogen) atoms. The molecule has 2 aliphatic heterocycles. The Hall–Kier alpha value is -1.89. The van der Waals surface area contributed by atoms with Crippen LogP contribution in [-0.4, -0.2) is 47.4 Å². The van der Waals surface area contributed by atoms with E-state index >= 15 is 0 Å². The molecule has 1 aromatic heterocycles. The van der Waals surface area contributed by atoms with E-state index in [-0.39, 0.29) is 18.4 Å². The van der Waals surface area contributed by atoms with Gasteiger partial charge in [-0.2, -0.15) is 0 Å². The molecular formula is C18H20ClN3O3. The molecule has 7 heteroatoms. The third-order valence-electron chi connectivity index (χ3n) is 4.77. The van der Waals surface area contributed by atoms with Crippen LogP contribution in [0.15, 0.2) is 27.6 Å². The van der Waals surface area contributed by atoms with E-state index in [1.165, 1.54) is 0 Å². The van der Waals surface area contributed by atoms with E-state index in [2.05, 4.69) is 10.3 Å². The summed E-state index contributed by atoms with van der Waals surface area (Å²) in [5.74, 6) is 0.816. The molecule has 0 saturated carbocycles. The topological polar surface area (TPSA) is 78.1 Å². The van der Waals surface area contributed by atoms with Crippen molar-refractivity contribution in [3.8, 4) is 0 Å². The number of furan rings is 1. The first-order valence-corrected chi connectivity index (χ1v) is 8.90. The van der Waals surface area contributed by atoms with Gasteiger partial charge in [0.15, 0.2) is 5.78 Å². The second-order valence-electron chi connectivity index (χ2n) is 6.68. The molecule has 4 rings (SSSR count). The molecule has 3 heterocycles. The van der Waals surface area contributed by atoms with Gasteiger partial charge in [-0.1, -0.05) is 11.6 Å². The van der Waals surface area contributed by atoms with Crippen molar-refractivity contribution in [3.05, 3.63) is 29.0 Å². The number of aliphatic hydroxyl groups excluding tert-OH is 1. The fourth-order valence-corrected chi connectivity index (χ4v) is 3.67. The molecule has 2 atom stereocenters. The van der Waals surface area contributed by atoms with Crippen LogP contribution in [0.4, 0.5) is 5.69 Å². The highest BCUT2D eigenvalue weighted by atomic mass is 35.5. The van der Waals surface area contributed by atoms with E-state index in [0.717, 1.165) is 41.8 Å². The van der Waals surface area contributed by atoms with Gasteiger partial charge in [0, 0.05) is 22.9 Å². The second-order valence-corrected chi connectivity index (χ2v) is 7.11. The normalized spacial score (nSPS) is 23.0. The number of piperidine rings is 1. The van der Waals surface area contributed by atoms with Crippen LogP contribution in [0.2, 0.25) is 5.02 Å². The molecular weight excluding hydrogens is 342 g/mol. The summed E-state index contributed by atoms with van der Waals surface area (Å²) < 4.78 is 5.85. The van der Waals surface area contributed by atoms with E-state index in [9.17, 15) is 9.90 Å². The van der Waals surface area contributed by atoms with Crippen LogP contribution in [0.5, 0.6) is 0 Å². The highest BCUT2D eigenvalue weighted by molar-refractivity contribution is 6.31. The number of Topliss-reactive ketones (excluding diaryl/α,β-unsaturated/α-hetero) is 1. The Bertz CT molecular complexity index is 832. The number of fused-ring (bicyclic) bond motifs is 3.